The summed E-state index contributed by atoms with van der Waals surface area (Å²) in [5.41, 5.74) is 5.73. The van der Waals surface area contributed by atoms with Gasteiger partial charge in [-0.15, -0.1) is 0 Å². The van der Waals surface area contributed by atoms with Gasteiger partial charge in [0, 0.05) is 18.4 Å². The van der Waals surface area contributed by atoms with Crippen LogP contribution in [0.4, 0.5) is 10.6 Å². The second kappa shape index (κ2) is 6.44. The van der Waals surface area contributed by atoms with Crippen LogP contribution in [-0.4, -0.2) is 39.7 Å². The summed E-state index contributed by atoms with van der Waals surface area (Å²) in [6, 6.07) is 5.55. The first-order valence-corrected chi connectivity index (χ1v) is 8.47. The quantitative estimate of drug-likeness (QED) is 0.766. The molecule has 1 saturated heterocycles. The van der Waals surface area contributed by atoms with Crippen LogP contribution in [0, 0.1) is 0 Å². The molecule has 1 aliphatic rings. The summed E-state index contributed by atoms with van der Waals surface area (Å²) >= 11 is 0. The fourth-order valence-corrected chi connectivity index (χ4v) is 3.09. The monoisotopic (exact) mass is 357 g/mol. The number of alkyl carbamates (subject to hydrolysis) is 1. The Morgan fingerprint density at radius 2 is 2.15 bits per heavy atom. The van der Waals surface area contributed by atoms with Crippen LogP contribution in [0.1, 0.15) is 32.8 Å². The highest BCUT2D eigenvalue weighted by Crippen LogP contribution is 2.25. The van der Waals surface area contributed by atoms with Crippen molar-refractivity contribution in [2.45, 2.75) is 44.8 Å². The van der Waals surface area contributed by atoms with Crippen molar-refractivity contribution in [3.8, 4) is 0 Å². The van der Waals surface area contributed by atoms with Gasteiger partial charge in [-0.05, 0) is 44.9 Å². The number of benzene rings is 1. The number of amides is 2. The summed E-state index contributed by atoms with van der Waals surface area (Å²) in [7, 11) is 0. The van der Waals surface area contributed by atoms with E-state index in [-0.39, 0.29) is 5.91 Å². The molecule has 26 heavy (non-hydrogen) atoms. The highest BCUT2D eigenvalue weighted by molar-refractivity contribution is 5.93. The molecule has 2 heterocycles. The molecule has 1 aromatic carbocycles. The number of nitrogens with one attached hydrogen (secondary N) is 2. The third-order valence-corrected chi connectivity index (χ3v) is 4.25. The lowest BCUT2D eigenvalue weighted by atomic mass is 9.89. The Morgan fingerprint density at radius 1 is 1.38 bits per heavy atom. The number of nitrogens with zero attached hydrogens (tertiary/aromatic N) is 2. The molecule has 1 atom stereocenters. The van der Waals surface area contributed by atoms with Crippen molar-refractivity contribution in [2.24, 2.45) is 0 Å². The Labute approximate surface area is 151 Å². The van der Waals surface area contributed by atoms with Crippen LogP contribution in [0.25, 0.3) is 10.9 Å². The van der Waals surface area contributed by atoms with Gasteiger partial charge in [-0.1, -0.05) is 6.07 Å². The van der Waals surface area contributed by atoms with Gasteiger partial charge in [0.05, 0.1) is 5.52 Å². The summed E-state index contributed by atoms with van der Waals surface area (Å²) in [5.74, 6) is 0.187. The minimum absolute atomic E-state index is 0.217. The molecule has 0 radical (unpaired) electrons. The predicted octanol–water partition coefficient (Wildman–Crippen LogP) is 1.54. The fourth-order valence-electron chi connectivity index (χ4n) is 3.09. The molecular formula is C18H23N5O3. The van der Waals surface area contributed by atoms with E-state index < -0.39 is 17.2 Å². The van der Waals surface area contributed by atoms with E-state index in [1.54, 1.807) is 20.8 Å². The zero-order valence-electron chi connectivity index (χ0n) is 15.1. The van der Waals surface area contributed by atoms with Crippen LogP contribution in [0.5, 0.6) is 0 Å². The molecule has 0 aliphatic carbocycles. The van der Waals surface area contributed by atoms with Gasteiger partial charge >= 0.3 is 6.09 Å². The molecule has 3 rings (SSSR count). The molecular weight excluding hydrogens is 334 g/mol. The van der Waals surface area contributed by atoms with Crippen LogP contribution in [-0.2, 0) is 16.0 Å². The number of nitrogen functional groups attached to an aromatic ring is 1. The third-order valence-electron chi connectivity index (χ3n) is 4.25. The van der Waals surface area contributed by atoms with Crippen molar-refractivity contribution >= 4 is 28.7 Å². The Morgan fingerprint density at radius 3 is 2.81 bits per heavy atom. The number of hydrogen-bond donors (Lipinski definition) is 3. The molecule has 8 nitrogen and oxygen atoms in total. The van der Waals surface area contributed by atoms with Crippen molar-refractivity contribution in [1.82, 2.24) is 20.6 Å². The number of aromatic nitrogens is 2. The molecule has 1 aliphatic heterocycles. The summed E-state index contributed by atoms with van der Waals surface area (Å²) in [6.45, 7) is 5.83. The lowest BCUT2D eigenvalue weighted by molar-refractivity contribution is -0.124. The number of carbonyl (C=O) groups excluding carboxylic acids is 2. The smallest absolute Gasteiger partial charge is 0.408 e. The van der Waals surface area contributed by atoms with Crippen LogP contribution in [0.2, 0.25) is 0 Å². The number of hydrogen-bond acceptors (Lipinski definition) is 6. The number of nitrogens with two attached hydrogens (primary N) is 1. The van der Waals surface area contributed by atoms with E-state index in [0.29, 0.717) is 30.7 Å². The molecule has 1 aromatic heterocycles. The van der Waals surface area contributed by atoms with Gasteiger partial charge in [0.2, 0.25) is 5.91 Å². The molecule has 2 amide bonds. The molecule has 0 unspecified atom stereocenters. The molecule has 8 heteroatoms. The first-order valence-electron chi connectivity index (χ1n) is 8.47. The number of rotatable bonds is 3. The molecule has 0 saturated carbocycles. The van der Waals surface area contributed by atoms with E-state index >= 15 is 0 Å². The van der Waals surface area contributed by atoms with Crippen molar-refractivity contribution in [3.05, 3.63) is 30.1 Å². The number of anilines is 1. The van der Waals surface area contributed by atoms with Crippen molar-refractivity contribution in [1.29, 1.82) is 0 Å². The Hall–Kier alpha value is -2.90. The van der Waals surface area contributed by atoms with Gasteiger partial charge < -0.3 is 21.1 Å². The van der Waals surface area contributed by atoms with E-state index in [1.807, 2.05) is 18.2 Å². The first-order chi connectivity index (χ1) is 12.2. The van der Waals surface area contributed by atoms with Crippen LogP contribution >= 0.6 is 0 Å². The van der Waals surface area contributed by atoms with Gasteiger partial charge in [-0.3, -0.25) is 4.79 Å². The lowest BCUT2D eigenvalue weighted by Crippen LogP contribution is -2.56. The highest BCUT2D eigenvalue weighted by Gasteiger charge is 2.44. The Balaban J connectivity index is 1.87. The van der Waals surface area contributed by atoms with Crippen LogP contribution in [0.15, 0.2) is 24.5 Å². The summed E-state index contributed by atoms with van der Waals surface area (Å²) in [6.07, 6.45) is 1.60. The second-order valence-electron chi connectivity index (χ2n) is 7.50. The van der Waals surface area contributed by atoms with Crippen molar-refractivity contribution in [3.63, 3.8) is 0 Å². The van der Waals surface area contributed by atoms with E-state index in [1.165, 1.54) is 6.33 Å². The minimum Gasteiger partial charge on any atom is -0.444 e. The second-order valence-corrected chi connectivity index (χ2v) is 7.50. The van der Waals surface area contributed by atoms with E-state index in [4.69, 9.17) is 10.5 Å². The molecule has 0 bridgehead atoms. The zero-order valence-corrected chi connectivity index (χ0v) is 15.1. The average molecular weight is 357 g/mol. The maximum atomic E-state index is 12.5. The molecule has 4 N–H and O–H groups in total. The average Bonchev–Trinajstić information content (AvgIpc) is 2.86. The standard InChI is InChI=1S/C18H23N5O3/c1-17(2,3)26-16(25)23-18(6-7-20-15(18)24)9-11-4-5-12-13(8-11)21-10-22-14(12)19/h4-5,8,10H,6-7,9H2,1-3H3,(H,20,24)(H,23,25)(H2,19,21,22)/t18-/m0/s1. The Kier molecular flexibility index (Phi) is 4.43. The topological polar surface area (TPSA) is 119 Å². The normalized spacial score (nSPS) is 20.0. The maximum Gasteiger partial charge on any atom is 0.408 e. The van der Waals surface area contributed by atoms with Crippen LogP contribution < -0.4 is 16.4 Å². The lowest BCUT2D eigenvalue weighted by Gasteiger charge is -2.29. The van der Waals surface area contributed by atoms with Crippen LogP contribution in [0.3, 0.4) is 0 Å². The fraction of sp³-hybridized carbons (Fsp3) is 0.444. The molecule has 2 aromatic rings. The zero-order chi connectivity index (χ0) is 18.9. The van der Waals surface area contributed by atoms with E-state index in [9.17, 15) is 9.59 Å². The summed E-state index contributed by atoms with van der Waals surface area (Å²) in [5, 5.41) is 6.32. The van der Waals surface area contributed by atoms with Gasteiger partial charge in [-0.2, -0.15) is 0 Å². The largest absolute Gasteiger partial charge is 0.444 e. The number of carbonyl (C=O) groups is 2. The van der Waals surface area contributed by atoms with Gasteiger partial charge in [0.1, 0.15) is 23.3 Å². The third kappa shape index (κ3) is 3.68. The molecule has 1 fully saturated rings. The predicted molar refractivity (Wildman–Crippen MR) is 97.4 cm³/mol. The summed E-state index contributed by atoms with van der Waals surface area (Å²) in [4.78, 5) is 32.9. The van der Waals surface area contributed by atoms with E-state index in [2.05, 4.69) is 20.6 Å². The summed E-state index contributed by atoms with van der Waals surface area (Å²) < 4.78 is 5.33. The SMILES string of the molecule is CC(C)(C)OC(=O)N[C@]1(Cc2ccc3c(N)ncnc3c2)CCNC1=O. The van der Waals surface area contributed by atoms with Crippen molar-refractivity contribution in [2.75, 3.05) is 12.3 Å². The first kappa shape index (κ1) is 17.9. The molecule has 0 spiro atoms. The molecule has 138 valence electrons. The number of ether oxygens (including phenoxy) is 1. The Bertz CT molecular complexity index is 862. The highest BCUT2D eigenvalue weighted by atomic mass is 16.6. The van der Waals surface area contributed by atoms with E-state index in [0.717, 1.165) is 10.9 Å². The van der Waals surface area contributed by atoms with Crippen molar-refractivity contribution < 1.29 is 14.3 Å². The van der Waals surface area contributed by atoms with Gasteiger partial charge in [0.15, 0.2) is 0 Å². The van der Waals surface area contributed by atoms with Gasteiger partial charge in [-0.25, -0.2) is 14.8 Å². The number of fused-ring (bicyclic) bond motifs is 1. The maximum absolute atomic E-state index is 12.5. The van der Waals surface area contributed by atoms with Gasteiger partial charge in [0.25, 0.3) is 0 Å². The minimum atomic E-state index is -1.05.